The second kappa shape index (κ2) is 7.65. The predicted octanol–water partition coefficient (Wildman–Crippen LogP) is 1.86. The van der Waals surface area contributed by atoms with Crippen molar-refractivity contribution in [1.82, 2.24) is 0 Å². The van der Waals surface area contributed by atoms with Gasteiger partial charge in [0.2, 0.25) is 0 Å². The molecule has 0 bridgehead atoms. The van der Waals surface area contributed by atoms with E-state index in [4.69, 9.17) is 15.2 Å². The Labute approximate surface area is 97.0 Å². The molecule has 0 aliphatic carbocycles. The minimum Gasteiger partial charge on any atom is -0.380 e. The molecule has 0 atom stereocenters. The van der Waals surface area contributed by atoms with Gasteiger partial charge in [-0.3, -0.25) is 0 Å². The summed E-state index contributed by atoms with van der Waals surface area (Å²) in [7, 11) is 3.37. The first-order valence-electron chi connectivity index (χ1n) is 4.60. The molecule has 1 aromatic carbocycles. The Morgan fingerprint density at radius 1 is 1.07 bits per heavy atom. The molecule has 0 saturated carbocycles. The van der Waals surface area contributed by atoms with Crippen LogP contribution in [0.5, 0.6) is 0 Å². The Bertz CT molecular complexity index is 292. The van der Waals surface area contributed by atoms with Crippen LogP contribution in [-0.4, -0.2) is 14.2 Å². The average Bonchev–Trinajstić information content (AvgIpc) is 2.21. The molecule has 0 spiro atoms. The summed E-state index contributed by atoms with van der Waals surface area (Å²) < 4.78 is 10.2. The molecule has 1 aromatic rings. The SMILES string of the molecule is COCc1ccc(CN)cc1COC.Cl. The minimum absolute atomic E-state index is 0. The van der Waals surface area contributed by atoms with E-state index in [2.05, 4.69) is 6.07 Å². The highest BCUT2D eigenvalue weighted by Crippen LogP contribution is 2.14. The summed E-state index contributed by atoms with van der Waals surface area (Å²) in [4.78, 5) is 0. The Kier molecular flexibility index (Phi) is 7.34. The summed E-state index contributed by atoms with van der Waals surface area (Å²) in [6, 6.07) is 6.13. The maximum Gasteiger partial charge on any atom is 0.0716 e. The molecule has 0 radical (unpaired) electrons. The second-order valence-electron chi connectivity index (χ2n) is 3.17. The van der Waals surface area contributed by atoms with Gasteiger partial charge in [0.05, 0.1) is 13.2 Å². The summed E-state index contributed by atoms with van der Waals surface area (Å²) in [6.07, 6.45) is 0. The van der Waals surface area contributed by atoms with Gasteiger partial charge in [0, 0.05) is 20.8 Å². The third-order valence-electron chi connectivity index (χ3n) is 2.11. The molecule has 0 amide bonds. The van der Waals surface area contributed by atoms with Crippen molar-refractivity contribution in [2.45, 2.75) is 19.8 Å². The van der Waals surface area contributed by atoms with Gasteiger partial charge in [-0.1, -0.05) is 18.2 Å². The van der Waals surface area contributed by atoms with Gasteiger partial charge in [0.1, 0.15) is 0 Å². The number of benzene rings is 1. The number of hydrogen-bond donors (Lipinski definition) is 1. The molecule has 15 heavy (non-hydrogen) atoms. The first-order valence-corrected chi connectivity index (χ1v) is 4.60. The van der Waals surface area contributed by atoms with E-state index in [0.717, 1.165) is 16.7 Å². The largest absolute Gasteiger partial charge is 0.380 e. The van der Waals surface area contributed by atoms with Crippen LogP contribution < -0.4 is 5.73 Å². The maximum atomic E-state index is 5.57. The smallest absolute Gasteiger partial charge is 0.0716 e. The van der Waals surface area contributed by atoms with E-state index in [-0.39, 0.29) is 12.4 Å². The molecule has 1 rings (SSSR count). The van der Waals surface area contributed by atoms with Crippen LogP contribution in [0, 0.1) is 0 Å². The average molecular weight is 232 g/mol. The van der Waals surface area contributed by atoms with Gasteiger partial charge in [0.15, 0.2) is 0 Å². The molecule has 0 aliphatic heterocycles. The van der Waals surface area contributed by atoms with E-state index in [1.807, 2.05) is 12.1 Å². The van der Waals surface area contributed by atoms with Crippen molar-refractivity contribution in [2.75, 3.05) is 14.2 Å². The molecule has 0 saturated heterocycles. The summed E-state index contributed by atoms with van der Waals surface area (Å²) >= 11 is 0. The fourth-order valence-corrected chi connectivity index (χ4v) is 1.39. The van der Waals surface area contributed by atoms with Crippen LogP contribution in [0.15, 0.2) is 18.2 Å². The number of rotatable bonds is 5. The number of nitrogens with two attached hydrogens (primary N) is 1. The van der Waals surface area contributed by atoms with E-state index in [1.165, 1.54) is 0 Å². The number of methoxy groups -OCH3 is 2. The highest BCUT2D eigenvalue weighted by atomic mass is 35.5. The fraction of sp³-hybridized carbons (Fsp3) is 0.455. The molecular formula is C11H18ClNO2. The van der Waals surface area contributed by atoms with Crippen LogP contribution in [-0.2, 0) is 29.2 Å². The molecule has 3 nitrogen and oxygen atoms in total. The minimum atomic E-state index is 0. The molecule has 0 heterocycles. The Balaban J connectivity index is 0.00000196. The van der Waals surface area contributed by atoms with Gasteiger partial charge in [0.25, 0.3) is 0 Å². The van der Waals surface area contributed by atoms with E-state index < -0.39 is 0 Å². The predicted molar refractivity (Wildman–Crippen MR) is 63.0 cm³/mol. The molecule has 0 aliphatic rings. The van der Waals surface area contributed by atoms with Crippen LogP contribution in [0.1, 0.15) is 16.7 Å². The monoisotopic (exact) mass is 231 g/mol. The summed E-state index contributed by atoms with van der Waals surface area (Å²) in [5, 5.41) is 0. The quantitative estimate of drug-likeness (QED) is 0.842. The first kappa shape index (κ1) is 14.4. The van der Waals surface area contributed by atoms with Gasteiger partial charge in [-0.25, -0.2) is 0 Å². The Hall–Kier alpha value is -0.610. The zero-order chi connectivity index (χ0) is 10.4. The van der Waals surface area contributed by atoms with E-state index in [0.29, 0.717) is 19.8 Å². The standard InChI is InChI=1S/C11H17NO2.ClH/c1-13-7-10-4-3-9(6-12)5-11(10)8-14-2;/h3-5H,6-8,12H2,1-2H3;1H. The van der Waals surface area contributed by atoms with Gasteiger partial charge in [-0.05, 0) is 16.7 Å². The highest BCUT2D eigenvalue weighted by molar-refractivity contribution is 5.85. The number of halogens is 1. The molecule has 86 valence electrons. The molecule has 4 heteroatoms. The first-order chi connectivity index (χ1) is 6.81. The Morgan fingerprint density at radius 3 is 2.20 bits per heavy atom. The number of ether oxygens (including phenoxy) is 2. The van der Waals surface area contributed by atoms with Gasteiger partial charge >= 0.3 is 0 Å². The van der Waals surface area contributed by atoms with Crippen LogP contribution in [0.4, 0.5) is 0 Å². The van der Waals surface area contributed by atoms with Crippen molar-refractivity contribution >= 4 is 12.4 Å². The van der Waals surface area contributed by atoms with Crippen LogP contribution in [0.2, 0.25) is 0 Å². The lowest BCUT2D eigenvalue weighted by molar-refractivity contribution is 0.168. The van der Waals surface area contributed by atoms with Crippen molar-refractivity contribution in [3.63, 3.8) is 0 Å². The topological polar surface area (TPSA) is 44.5 Å². The lowest BCUT2D eigenvalue weighted by atomic mass is 10.0. The lowest BCUT2D eigenvalue weighted by Crippen LogP contribution is -2.02. The van der Waals surface area contributed by atoms with Crippen molar-refractivity contribution in [1.29, 1.82) is 0 Å². The van der Waals surface area contributed by atoms with Gasteiger partial charge < -0.3 is 15.2 Å². The third-order valence-corrected chi connectivity index (χ3v) is 2.11. The summed E-state index contributed by atoms with van der Waals surface area (Å²) in [5.41, 5.74) is 9.00. The fourth-order valence-electron chi connectivity index (χ4n) is 1.39. The Morgan fingerprint density at radius 2 is 1.67 bits per heavy atom. The van der Waals surface area contributed by atoms with Crippen molar-refractivity contribution in [3.8, 4) is 0 Å². The van der Waals surface area contributed by atoms with Crippen molar-refractivity contribution < 1.29 is 9.47 Å². The molecule has 0 fully saturated rings. The molecule has 0 aromatic heterocycles. The van der Waals surface area contributed by atoms with E-state index in [9.17, 15) is 0 Å². The zero-order valence-corrected chi connectivity index (χ0v) is 9.97. The molecule has 0 unspecified atom stereocenters. The second-order valence-corrected chi connectivity index (χ2v) is 3.17. The number of hydrogen-bond acceptors (Lipinski definition) is 3. The van der Waals surface area contributed by atoms with E-state index >= 15 is 0 Å². The summed E-state index contributed by atoms with van der Waals surface area (Å²) in [6.45, 7) is 1.78. The highest BCUT2D eigenvalue weighted by Gasteiger charge is 2.02. The molecule has 2 N–H and O–H groups in total. The van der Waals surface area contributed by atoms with Gasteiger partial charge in [-0.15, -0.1) is 12.4 Å². The summed E-state index contributed by atoms with van der Waals surface area (Å²) in [5.74, 6) is 0. The molecular weight excluding hydrogens is 214 g/mol. The van der Waals surface area contributed by atoms with Crippen LogP contribution >= 0.6 is 12.4 Å². The van der Waals surface area contributed by atoms with E-state index in [1.54, 1.807) is 14.2 Å². The zero-order valence-electron chi connectivity index (χ0n) is 9.16. The van der Waals surface area contributed by atoms with Crippen molar-refractivity contribution in [3.05, 3.63) is 34.9 Å². The van der Waals surface area contributed by atoms with Gasteiger partial charge in [-0.2, -0.15) is 0 Å². The lowest BCUT2D eigenvalue weighted by Gasteiger charge is -2.09. The normalized spacial score (nSPS) is 9.80. The van der Waals surface area contributed by atoms with Crippen LogP contribution in [0.3, 0.4) is 0 Å². The third kappa shape index (κ3) is 4.18. The van der Waals surface area contributed by atoms with Crippen molar-refractivity contribution in [2.24, 2.45) is 5.73 Å². The van der Waals surface area contributed by atoms with Crippen LogP contribution in [0.25, 0.3) is 0 Å². The maximum absolute atomic E-state index is 5.57.